The number of rotatable bonds is 9. The summed E-state index contributed by atoms with van der Waals surface area (Å²) in [5, 5.41) is 0. The van der Waals surface area contributed by atoms with Gasteiger partial charge in [-0.05, 0) is 0 Å². The molecule has 0 fully saturated rings. The third-order valence-corrected chi connectivity index (χ3v) is 12.3. The molecular formula is C17H32Sn-. The van der Waals surface area contributed by atoms with Gasteiger partial charge in [-0.2, -0.15) is 18.2 Å². The molecule has 0 heterocycles. The summed E-state index contributed by atoms with van der Waals surface area (Å²) in [5.74, 6) is 0. The molecule has 0 aliphatic heterocycles. The van der Waals surface area contributed by atoms with Crippen LogP contribution in [0.15, 0.2) is 30.3 Å². The van der Waals surface area contributed by atoms with E-state index in [0.29, 0.717) is 0 Å². The van der Waals surface area contributed by atoms with Gasteiger partial charge in [0, 0.05) is 0 Å². The Morgan fingerprint density at radius 2 is 1.11 bits per heavy atom. The van der Waals surface area contributed by atoms with Crippen LogP contribution in [0.25, 0.3) is 0 Å². The van der Waals surface area contributed by atoms with E-state index in [-0.39, 0.29) is 0 Å². The largest absolute Gasteiger partial charge is 0.214 e. The fourth-order valence-corrected chi connectivity index (χ4v) is 11.4. The fraction of sp³-hybridized carbons (Fsp3) is 0.706. The Morgan fingerprint density at radius 1 is 0.722 bits per heavy atom. The van der Waals surface area contributed by atoms with E-state index in [9.17, 15) is 0 Å². The third-order valence-electron chi connectivity index (χ3n) is 3.21. The summed E-state index contributed by atoms with van der Waals surface area (Å²) >= 11 is -0.839. The molecule has 0 aliphatic rings. The van der Waals surface area contributed by atoms with Gasteiger partial charge in [-0.3, -0.25) is 0 Å². The Balaban J connectivity index is 0.000000473. The Hall–Kier alpha value is 0.149. The summed E-state index contributed by atoms with van der Waals surface area (Å²) in [6.45, 7) is 7.00. The van der Waals surface area contributed by atoms with Gasteiger partial charge in [0.05, 0.1) is 0 Å². The molecule has 0 atom stereocenters. The van der Waals surface area contributed by atoms with E-state index in [1.165, 1.54) is 38.5 Å². The molecule has 0 N–H and O–H groups in total. The molecule has 0 amide bonds. The minimum atomic E-state index is -0.839. The smallest absolute Gasteiger partial charge is 0.172 e. The average Bonchev–Trinajstić information content (AvgIpc) is 2.97. The van der Waals surface area contributed by atoms with Gasteiger partial charge in [-0.15, -0.1) is 0 Å². The van der Waals surface area contributed by atoms with Crippen LogP contribution in [0, 0.1) is 0 Å². The molecule has 1 radical (unpaired) electrons. The first-order valence-electron chi connectivity index (χ1n) is 7.85. The SMILES string of the molecule is CCC[CH2][Sn]([CH2]CCC)[CH2]CCC.c1cc[cH-]c1. The normalized spacial score (nSPS) is 10.2. The molecule has 0 aromatic heterocycles. The van der Waals surface area contributed by atoms with Crippen molar-refractivity contribution in [3.63, 3.8) is 0 Å². The molecule has 105 valence electrons. The number of hydrogen-bond acceptors (Lipinski definition) is 0. The molecule has 18 heavy (non-hydrogen) atoms. The van der Waals surface area contributed by atoms with E-state index < -0.39 is 19.8 Å². The van der Waals surface area contributed by atoms with Gasteiger partial charge >= 0.3 is 92.4 Å². The quantitative estimate of drug-likeness (QED) is 0.361. The molecule has 0 nitrogen and oxygen atoms in total. The van der Waals surface area contributed by atoms with Crippen molar-refractivity contribution in [1.82, 2.24) is 0 Å². The van der Waals surface area contributed by atoms with Crippen LogP contribution in [-0.2, 0) is 0 Å². The van der Waals surface area contributed by atoms with E-state index in [0.717, 1.165) is 0 Å². The molecule has 0 saturated carbocycles. The molecule has 1 aromatic rings. The summed E-state index contributed by atoms with van der Waals surface area (Å²) in [5.41, 5.74) is 0. The maximum Gasteiger partial charge on any atom is -0.172 e. The van der Waals surface area contributed by atoms with Crippen LogP contribution >= 0.6 is 0 Å². The predicted molar refractivity (Wildman–Crippen MR) is 86.9 cm³/mol. The summed E-state index contributed by atoms with van der Waals surface area (Å²) < 4.78 is 5.04. The van der Waals surface area contributed by atoms with Crippen molar-refractivity contribution in [1.29, 1.82) is 0 Å². The van der Waals surface area contributed by atoms with Crippen LogP contribution in [0.1, 0.15) is 59.3 Å². The summed E-state index contributed by atoms with van der Waals surface area (Å²) in [6.07, 6.45) is 8.85. The second kappa shape index (κ2) is 15.2. The van der Waals surface area contributed by atoms with E-state index in [1.54, 1.807) is 13.3 Å². The van der Waals surface area contributed by atoms with Gasteiger partial charge in [0.15, 0.2) is 0 Å². The third kappa shape index (κ3) is 12.6. The van der Waals surface area contributed by atoms with E-state index >= 15 is 0 Å². The Bertz CT molecular complexity index is 179. The zero-order valence-corrected chi connectivity index (χ0v) is 15.6. The second-order valence-corrected chi connectivity index (χ2v) is 13.6. The van der Waals surface area contributed by atoms with Crippen LogP contribution in [0.4, 0.5) is 0 Å². The van der Waals surface area contributed by atoms with Crippen LogP contribution in [0.2, 0.25) is 13.3 Å². The molecular weight excluding hydrogens is 323 g/mol. The van der Waals surface area contributed by atoms with E-state index in [4.69, 9.17) is 0 Å². The van der Waals surface area contributed by atoms with Crippen molar-refractivity contribution in [2.45, 2.75) is 72.6 Å². The van der Waals surface area contributed by atoms with Crippen LogP contribution in [-0.4, -0.2) is 19.8 Å². The average molecular weight is 355 g/mol. The van der Waals surface area contributed by atoms with Gasteiger partial charge in [0.2, 0.25) is 0 Å². The standard InChI is InChI=1S/C5H5.3C4H9.Sn/c1-2-4-5-3-1;3*1-3-4-2;/h1-5H;3*1,3-4H2,2H3;/q-1;;;;. The number of hydrogen-bond donors (Lipinski definition) is 0. The molecule has 0 saturated heterocycles. The van der Waals surface area contributed by atoms with Gasteiger partial charge in [-0.1, -0.05) is 0 Å². The maximum atomic E-state index is 2.33. The van der Waals surface area contributed by atoms with Gasteiger partial charge in [0.1, 0.15) is 0 Å². The molecule has 0 spiro atoms. The minimum Gasteiger partial charge on any atom is -0.214 e. The second-order valence-electron chi connectivity index (χ2n) is 5.02. The van der Waals surface area contributed by atoms with Crippen molar-refractivity contribution in [2.24, 2.45) is 0 Å². The molecule has 0 bridgehead atoms. The molecule has 1 aromatic carbocycles. The van der Waals surface area contributed by atoms with Crippen LogP contribution in [0.5, 0.6) is 0 Å². The number of unbranched alkanes of at least 4 members (excludes halogenated alkanes) is 3. The van der Waals surface area contributed by atoms with Gasteiger partial charge in [-0.25, -0.2) is 12.1 Å². The maximum absolute atomic E-state index is 2.33. The zero-order valence-electron chi connectivity index (χ0n) is 12.8. The summed E-state index contributed by atoms with van der Waals surface area (Å²) in [7, 11) is 0. The molecule has 0 unspecified atom stereocenters. The van der Waals surface area contributed by atoms with Crippen LogP contribution in [0.3, 0.4) is 0 Å². The van der Waals surface area contributed by atoms with Crippen molar-refractivity contribution in [3.05, 3.63) is 30.3 Å². The Morgan fingerprint density at radius 3 is 1.33 bits per heavy atom. The molecule has 1 heteroatoms. The topological polar surface area (TPSA) is 0 Å². The Kier molecular flexibility index (Phi) is 15.3. The zero-order chi connectivity index (χ0) is 13.5. The first-order valence-corrected chi connectivity index (χ1v) is 13.9. The minimum absolute atomic E-state index is 0.839. The van der Waals surface area contributed by atoms with Crippen molar-refractivity contribution >= 4 is 19.8 Å². The van der Waals surface area contributed by atoms with Gasteiger partial charge in [0.25, 0.3) is 0 Å². The van der Waals surface area contributed by atoms with Crippen molar-refractivity contribution < 1.29 is 0 Å². The monoisotopic (exact) mass is 356 g/mol. The first-order chi connectivity index (χ1) is 8.85. The van der Waals surface area contributed by atoms with Gasteiger partial charge < -0.3 is 0 Å². The Labute approximate surface area is 122 Å². The summed E-state index contributed by atoms with van der Waals surface area (Å²) in [4.78, 5) is 0. The van der Waals surface area contributed by atoms with E-state index in [1.807, 2.05) is 30.3 Å². The van der Waals surface area contributed by atoms with Crippen molar-refractivity contribution in [3.8, 4) is 0 Å². The molecule has 0 aliphatic carbocycles. The van der Waals surface area contributed by atoms with E-state index in [2.05, 4.69) is 20.8 Å². The molecule has 1 rings (SSSR count). The van der Waals surface area contributed by atoms with Crippen molar-refractivity contribution in [2.75, 3.05) is 0 Å². The first kappa shape index (κ1) is 18.1. The summed E-state index contributed by atoms with van der Waals surface area (Å²) in [6, 6.07) is 10.0. The predicted octanol–water partition coefficient (Wildman–Crippen LogP) is 6.29. The fourth-order valence-electron chi connectivity index (χ4n) is 1.98. The van der Waals surface area contributed by atoms with Crippen LogP contribution < -0.4 is 0 Å².